The first-order valence-corrected chi connectivity index (χ1v) is 32.4. The van der Waals surface area contributed by atoms with Gasteiger partial charge in [0, 0.05) is 90.5 Å². The number of aromatic nitrogens is 2. The average Bonchev–Trinajstić information content (AvgIpc) is 1.43. The third-order valence-corrected chi connectivity index (χ3v) is 22.0. The maximum atomic E-state index is 13.3. The molecule has 25 heteroatoms. The molecule has 4 fully saturated rings. The van der Waals surface area contributed by atoms with Crippen LogP contribution in [-0.2, 0) is 65.3 Å². The molecule has 8 atom stereocenters. The average molecular weight is 1250 g/mol. The molecule has 4 unspecified atom stereocenters. The zero-order valence-corrected chi connectivity index (χ0v) is 50.8. The highest BCUT2D eigenvalue weighted by atomic mass is 16.5. The topological polar surface area (TPSA) is 362 Å². The standard InChI is InChI=1S/C67H75N13O12/c68-63(75-37-10-11-42-39(24-37)41-26-67(90)47-23-35-8-12-44(81)59-54(35)64(67,61(91-59)57(41)77-42)16-20-80(47)32-34-6-7-34)70-19-18-69-50(85)27-73-51(86)28-71-48(83)14-15-49(84)72-29-52(87)74-30-53(88)76-43-3-1-2-38-40-25-66(89)46-22-36-9-13-45(82)60-55(36)65(66,17-21-79(46)31-33-4-5-33)62(92-60)58(40)78-56(38)43/h1-3,8-13,24,33-34,46-47,61-62,77-78,81-82,89-90H,4-7,14-23,25-32H2,(H,69,85)(H,71,83)(H,72,84)(H,73,86)(H,74,87)(H,76,88)(H3,68,70,75)/t46?,47?,61-,62-,64?,65?,66+,67+/m0/s1. The number of aliphatic imine (C=N–C) groups is 1. The van der Waals surface area contributed by atoms with Crippen LogP contribution in [0.5, 0.6) is 23.0 Å². The molecule has 2 aromatic heterocycles. The minimum absolute atomic E-state index is 0.0478. The Morgan fingerprint density at radius 2 is 1.13 bits per heavy atom. The van der Waals surface area contributed by atoms with Gasteiger partial charge in [0.15, 0.2) is 41.2 Å². The van der Waals surface area contributed by atoms with Crippen molar-refractivity contribution in [3.63, 3.8) is 0 Å². The van der Waals surface area contributed by atoms with E-state index in [1.165, 1.54) is 25.7 Å². The number of guanidine groups is 1. The molecule has 4 aromatic carbocycles. The Balaban J connectivity index is 0.455. The number of aromatic amines is 2. The van der Waals surface area contributed by atoms with Gasteiger partial charge < -0.3 is 82.8 Å². The molecular formula is C67H75N13O12. The molecule has 4 bridgehead atoms. The fourth-order valence-corrected chi connectivity index (χ4v) is 17.5. The first-order chi connectivity index (χ1) is 44.4. The van der Waals surface area contributed by atoms with Crippen LogP contribution in [0.1, 0.15) is 108 Å². The van der Waals surface area contributed by atoms with Crippen LogP contribution in [0.2, 0.25) is 0 Å². The Hall–Kier alpha value is -8.91. The van der Waals surface area contributed by atoms with E-state index in [0.717, 1.165) is 93.7 Å². The summed E-state index contributed by atoms with van der Waals surface area (Å²) in [5.41, 5.74) is 12.8. The van der Waals surface area contributed by atoms with Crippen molar-refractivity contribution in [3.8, 4) is 23.0 Å². The largest absolute Gasteiger partial charge is 0.504 e. The number of hydrogen-bond donors (Lipinski definition) is 14. The van der Waals surface area contributed by atoms with Gasteiger partial charge in [-0.25, -0.2) is 0 Å². The van der Waals surface area contributed by atoms with E-state index < -0.39 is 89.3 Å². The second kappa shape index (κ2) is 21.6. The summed E-state index contributed by atoms with van der Waals surface area (Å²) >= 11 is 0. The summed E-state index contributed by atoms with van der Waals surface area (Å²) < 4.78 is 13.5. The Kier molecular flexibility index (Phi) is 13.7. The van der Waals surface area contributed by atoms with Crippen LogP contribution in [0, 0.1) is 11.8 Å². The number of nitrogens with one attached hydrogen (secondary N) is 9. The number of nitrogens with zero attached hydrogens (tertiary/aromatic N) is 3. The molecule has 6 heterocycles. The van der Waals surface area contributed by atoms with Crippen LogP contribution in [0.3, 0.4) is 0 Å². The van der Waals surface area contributed by atoms with Crippen LogP contribution in [-0.4, -0.2) is 170 Å². The third kappa shape index (κ3) is 9.18. The summed E-state index contributed by atoms with van der Waals surface area (Å²) in [6, 6.07) is 18.5. The number of likely N-dealkylation sites (tertiary alicyclic amines) is 2. The number of fused-ring (bicyclic) bond motifs is 8. The molecule has 0 radical (unpaired) electrons. The normalized spacial score (nSPS) is 27.3. The zero-order valence-electron chi connectivity index (χ0n) is 50.8. The lowest BCUT2D eigenvalue weighted by atomic mass is 9.49. The number of benzene rings is 4. The fraction of sp³-hybridized carbons (Fsp3) is 0.478. The van der Waals surface area contributed by atoms with Gasteiger partial charge >= 0.3 is 0 Å². The molecule has 16 rings (SSSR count). The van der Waals surface area contributed by atoms with Gasteiger partial charge in [-0.1, -0.05) is 24.3 Å². The van der Waals surface area contributed by atoms with E-state index in [4.69, 9.17) is 15.2 Å². The lowest BCUT2D eigenvalue weighted by Crippen LogP contribution is -2.74. The van der Waals surface area contributed by atoms with Gasteiger partial charge in [-0.15, -0.1) is 0 Å². The van der Waals surface area contributed by atoms with Gasteiger partial charge in [0.1, 0.15) is 0 Å². The number of rotatable bonds is 20. The Labute approximate surface area is 528 Å². The smallest absolute Gasteiger partial charge is 0.243 e. The second-order valence-corrected chi connectivity index (χ2v) is 27.3. The number of carbonyl (C=O) groups excluding carboxylic acids is 6. The molecule has 25 nitrogen and oxygen atoms in total. The van der Waals surface area contributed by atoms with Crippen LogP contribution in [0.25, 0.3) is 21.8 Å². The van der Waals surface area contributed by atoms with Crippen molar-refractivity contribution in [1.29, 1.82) is 0 Å². The number of para-hydroxylation sites is 1. The highest BCUT2D eigenvalue weighted by molar-refractivity contribution is 6.04. The SMILES string of the molecule is NC(=NCCNC(=O)CNC(=O)CNC(=O)CCC(=O)NCC(=O)NCC(=O)Nc1cccc2c3c([nH]c12)[C@@H]1Oc2c(O)ccc4c2C12CCN(CC1CC1)C(C4)[C@]2(O)C3)Nc1ccc2[nH]c3c(c2c1)C[C@@]1(O)C2Cc4ccc(O)c5c4C1(CCN2CC1CC1)[C@H]3O5. The number of amides is 6. The van der Waals surface area contributed by atoms with Gasteiger partial charge in [-0.3, -0.25) is 43.6 Å². The number of piperidine rings is 2. The van der Waals surface area contributed by atoms with E-state index in [1.54, 1.807) is 18.2 Å². The molecular weight excluding hydrogens is 1180 g/mol. The molecule has 10 aliphatic rings. The number of ether oxygens (including phenoxy) is 2. The molecule has 6 aromatic rings. The fourth-order valence-electron chi connectivity index (χ4n) is 17.5. The predicted molar refractivity (Wildman–Crippen MR) is 336 cm³/mol. The summed E-state index contributed by atoms with van der Waals surface area (Å²) in [6.45, 7) is 2.14. The van der Waals surface area contributed by atoms with Crippen LogP contribution < -0.4 is 52.4 Å². The number of phenols is 2. The van der Waals surface area contributed by atoms with Crippen LogP contribution in [0.4, 0.5) is 11.4 Å². The summed E-state index contributed by atoms with van der Waals surface area (Å²) in [5.74, 6) is -1.05. The van der Waals surface area contributed by atoms with E-state index in [9.17, 15) is 49.2 Å². The number of aromatic hydroxyl groups is 2. The van der Waals surface area contributed by atoms with Crippen LogP contribution >= 0.6 is 0 Å². The first-order valence-electron chi connectivity index (χ1n) is 32.4. The molecule has 4 aliphatic heterocycles. The number of phenolic OH excluding ortho intramolecular Hbond substituents is 2. The molecule has 2 saturated carbocycles. The van der Waals surface area contributed by atoms with Crippen LogP contribution in [0.15, 0.2) is 65.7 Å². The highest BCUT2D eigenvalue weighted by Crippen LogP contribution is 2.71. The zero-order chi connectivity index (χ0) is 63.2. The van der Waals surface area contributed by atoms with E-state index >= 15 is 0 Å². The third-order valence-electron chi connectivity index (χ3n) is 22.0. The number of aliphatic hydroxyl groups is 2. The van der Waals surface area contributed by atoms with Crippen molar-refractivity contribution in [2.75, 3.05) is 76.1 Å². The lowest BCUT2D eigenvalue weighted by molar-refractivity contribution is -0.173. The van der Waals surface area contributed by atoms with Gasteiger partial charge in [0.2, 0.25) is 35.4 Å². The molecule has 6 aliphatic carbocycles. The molecule has 2 saturated heterocycles. The Morgan fingerprint density at radius 1 is 0.609 bits per heavy atom. The molecule has 2 spiro atoms. The highest BCUT2D eigenvalue weighted by Gasteiger charge is 2.74. The monoisotopic (exact) mass is 1250 g/mol. The van der Waals surface area contributed by atoms with Gasteiger partial charge in [-0.05, 0) is 135 Å². The van der Waals surface area contributed by atoms with Crippen molar-refractivity contribution in [3.05, 3.63) is 105 Å². The summed E-state index contributed by atoms with van der Waals surface area (Å²) in [7, 11) is 0. The maximum absolute atomic E-state index is 13.3. The molecule has 15 N–H and O–H groups in total. The minimum Gasteiger partial charge on any atom is -0.504 e. The van der Waals surface area contributed by atoms with Gasteiger partial charge in [-0.2, -0.15) is 0 Å². The number of H-pyrrole nitrogens is 2. The number of carbonyl (C=O) groups is 6. The van der Waals surface area contributed by atoms with Crippen molar-refractivity contribution in [2.45, 2.75) is 123 Å². The Morgan fingerprint density at radius 3 is 1.70 bits per heavy atom. The molecule has 92 heavy (non-hydrogen) atoms. The quantitative estimate of drug-likeness (QED) is 0.0296. The minimum atomic E-state index is -1.18. The first kappa shape index (κ1) is 58.2. The van der Waals surface area contributed by atoms with E-state index in [0.29, 0.717) is 72.3 Å². The van der Waals surface area contributed by atoms with Crippen molar-refractivity contribution < 1.29 is 58.7 Å². The molecule has 6 amide bonds. The number of anilines is 2. The number of nitrogens with two attached hydrogens (primary N) is 1. The lowest BCUT2D eigenvalue weighted by Gasteiger charge is -2.62. The summed E-state index contributed by atoms with van der Waals surface area (Å²) in [4.78, 5) is 92.8. The maximum Gasteiger partial charge on any atom is 0.243 e. The summed E-state index contributed by atoms with van der Waals surface area (Å²) in [5, 5.41) is 68.8. The molecule has 480 valence electrons. The van der Waals surface area contributed by atoms with E-state index in [2.05, 4.69) is 62.0 Å². The summed E-state index contributed by atoms with van der Waals surface area (Å²) in [6.07, 6.45) is 6.65. The van der Waals surface area contributed by atoms with Crippen molar-refractivity contribution >= 4 is 74.6 Å². The van der Waals surface area contributed by atoms with E-state index in [1.807, 2.05) is 42.5 Å². The van der Waals surface area contributed by atoms with Crippen molar-refractivity contribution in [2.24, 2.45) is 22.6 Å². The Bertz CT molecular complexity index is 4180. The van der Waals surface area contributed by atoms with Gasteiger partial charge in [0.05, 0.1) is 77.3 Å². The predicted octanol–water partition coefficient (Wildman–Crippen LogP) is 2.19. The second-order valence-electron chi connectivity index (χ2n) is 27.3. The van der Waals surface area contributed by atoms with Crippen molar-refractivity contribution in [1.82, 2.24) is 46.4 Å². The van der Waals surface area contributed by atoms with Gasteiger partial charge in [0.25, 0.3) is 0 Å². The van der Waals surface area contributed by atoms with E-state index in [-0.39, 0.29) is 62.0 Å². The number of hydrogen-bond acceptors (Lipinski definition) is 15.